The first-order valence-corrected chi connectivity index (χ1v) is 10.5. The Hall–Kier alpha value is -3.60. The summed E-state index contributed by atoms with van der Waals surface area (Å²) in [5.41, 5.74) is 0.692. The lowest BCUT2D eigenvalue weighted by Gasteiger charge is -2.26. The number of aromatic nitrogens is 3. The molecule has 32 heavy (non-hydrogen) atoms. The highest BCUT2D eigenvalue weighted by molar-refractivity contribution is 7.23. The van der Waals surface area contributed by atoms with Crippen molar-refractivity contribution in [1.82, 2.24) is 20.5 Å². The molecule has 2 amide bonds. The predicted octanol–water partition coefficient (Wildman–Crippen LogP) is 3.97. The van der Waals surface area contributed by atoms with Crippen LogP contribution in [0.4, 0.5) is 19.6 Å². The smallest absolute Gasteiger partial charge is 0.254 e. The minimum absolute atomic E-state index is 0.136. The van der Waals surface area contributed by atoms with Crippen LogP contribution in [0, 0.1) is 5.82 Å². The van der Waals surface area contributed by atoms with Gasteiger partial charge in [-0.05, 0) is 38.1 Å². The molecule has 0 atom stereocenters. The zero-order valence-electron chi connectivity index (χ0n) is 17.5. The number of halogens is 2. The van der Waals surface area contributed by atoms with Crippen molar-refractivity contribution < 1.29 is 18.4 Å². The van der Waals surface area contributed by atoms with Gasteiger partial charge in [0.05, 0.1) is 27.5 Å². The summed E-state index contributed by atoms with van der Waals surface area (Å²) in [6, 6.07) is 5.59. The molecule has 4 rings (SSSR count). The van der Waals surface area contributed by atoms with Crippen molar-refractivity contribution in [2.45, 2.75) is 26.1 Å². The summed E-state index contributed by atoms with van der Waals surface area (Å²) in [6.45, 7) is 2.58. The van der Waals surface area contributed by atoms with Gasteiger partial charge in [0, 0.05) is 23.7 Å². The van der Waals surface area contributed by atoms with Gasteiger partial charge in [-0.2, -0.15) is 5.10 Å². The van der Waals surface area contributed by atoms with Crippen molar-refractivity contribution in [2.24, 2.45) is 0 Å². The number of rotatable bonds is 6. The summed E-state index contributed by atoms with van der Waals surface area (Å²) < 4.78 is 28.2. The maximum Gasteiger partial charge on any atom is 0.254 e. The Balaban J connectivity index is 1.59. The number of hydrogen-bond acceptors (Lipinski definition) is 6. The zero-order valence-corrected chi connectivity index (χ0v) is 18.3. The molecule has 0 bridgehead atoms. The van der Waals surface area contributed by atoms with E-state index in [0.29, 0.717) is 27.4 Å². The van der Waals surface area contributed by atoms with Crippen LogP contribution in [0.5, 0.6) is 0 Å². The molecule has 8 nitrogen and oxygen atoms in total. The second-order valence-corrected chi connectivity index (χ2v) is 8.67. The van der Waals surface area contributed by atoms with E-state index in [1.807, 2.05) is 0 Å². The average Bonchev–Trinajstić information content (AvgIpc) is 3.40. The fraction of sp³-hybridized carbons (Fsp3) is 0.238. The van der Waals surface area contributed by atoms with E-state index in [9.17, 15) is 18.4 Å². The number of hydrogen-bond donors (Lipinski definition) is 4. The number of benzene rings is 2. The molecule has 2 aromatic heterocycles. The number of carbonyl (C=O) groups is 2. The van der Waals surface area contributed by atoms with Crippen LogP contribution in [0.25, 0.3) is 21.1 Å². The van der Waals surface area contributed by atoms with Crippen LogP contribution in [-0.4, -0.2) is 39.6 Å². The standard InChI is InChI=1S/C21H20F2N6O2S/c1-21(2,28-11-4-5-14(23)12(7-11)18(30)24-3)19(31)27-20-26-16-10(8-22)6-15-13(9-25-29-15)17(16)32-20/h4-7,9,28H,8H2,1-3H3,(H,24,30)(H,25,29)(H,26,27,31). The number of anilines is 2. The molecule has 0 spiro atoms. The van der Waals surface area contributed by atoms with E-state index in [0.717, 1.165) is 16.2 Å². The Morgan fingerprint density at radius 1 is 1.25 bits per heavy atom. The molecule has 4 aromatic rings. The lowest BCUT2D eigenvalue weighted by atomic mass is 10.0. The number of nitrogens with zero attached hydrogens (tertiary/aromatic N) is 2. The summed E-state index contributed by atoms with van der Waals surface area (Å²) in [7, 11) is 1.41. The van der Waals surface area contributed by atoms with Crippen LogP contribution >= 0.6 is 11.3 Å². The SMILES string of the molecule is CNC(=O)c1cc(NC(C)(C)C(=O)Nc2nc3c(CF)cc4[nH]ncc4c3s2)ccc1F. The first kappa shape index (κ1) is 21.6. The van der Waals surface area contributed by atoms with Crippen molar-refractivity contribution in [2.75, 3.05) is 17.7 Å². The van der Waals surface area contributed by atoms with Crippen LogP contribution in [0.2, 0.25) is 0 Å². The van der Waals surface area contributed by atoms with Gasteiger partial charge in [-0.15, -0.1) is 0 Å². The van der Waals surface area contributed by atoms with Crippen LogP contribution < -0.4 is 16.0 Å². The van der Waals surface area contributed by atoms with Gasteiger partial charge in [-0.3, -0.25) is 20.0 Å². The average molecular weight is 458 g/mol. The molecule has 2 aromatic carbocycles. The molecule has 11 heteroatoms. The lowest BCUT2D eigenvalue weighted by Crippen LogP contribution is -2.44. The Labute approximate surface area is 185 Å². The molecule has 4 N–H and O–H groups in total. The number of alkyl halides is 1. The van der Waals surface area contributed by atoms with E-state index in [1.165, 1.54) is 30.5 Å². The predicted molar refractivity (Wildman–Crippen MR) is 120 cm³/mol. The highest BCUT2D eigenvalue weighted by Crippen LogP contribution is 2.35. The highest BCUT2D eigenvalue weighted by Gasteiger charge is 2.29. The largest absolute Gasteiger partial charge is 0.372 e. The minimum atomic E-state index is -1.14. The quantitative estimate of drug-likeness (QED) is 0.349. The van der Waals surface area contributed by atoms with E-state index in [1.54, 1.807) is 26.1 Å². The Kier molecular flexibility index (Phi) is 5.51. The van der Waals surface area contributed by atoms with Gasteiger partial charge >= 0.3 is 0 Å². The van der Waals surface area contributed by atoms with Crippen molar-refractivity contribution >= 4 is 55.1 Å². The number of nitrogens with one attached hydrogen (secondary N) is 4. The fourth-order valence-electron chi connectivity index (χ4n) is 3.29. The number of H-pyrrole nitrogens is 1. The van der Waals surface area contributed by atoms with Gasteiger partial charge in [0.2, 0.25) is 0 Å². The molecule has 0 aliphatic carbocycles. The van der Waals surface area contributed by atoms with Crippen molar-refractivity contribution in [3.8, 4) is 0 Å². The Morgan fingerprint density at radius 3 is 2.75 bits per heavy atom. The number of aromatic amines is 1. The molecule has 0 aliphatic rings. The van der Waals surface area contributed by atoms with Crippen molar-refractivity contribution in [1.29, 1.82) is 0 Å². The third-order valence-corrected chi connectivity index (χ3v) is 5.99. The molecule has 0 unspecified atom stereocenters. The van der Waals surface area contributed by atoms with Crippen LogP contribution in [0.15, 0.2) is 30.5 Å². The van der Waals surface area contributed by atoms with Gasteiger partial charge < -0.3 is 10.6 Å². The maximum atomic E-state index is 13.9. The molecular formula is C21H20F2N6O2S. The molecule has 2 heterocycles. The summed E-state index contributed by atoms with van der Waals surface area (Å²) in [6.07, 6.45) is 1.63. The van der Waals surface area contributed by atoms with E-state index < -0.39 is 29.8 Å². The fourth-order valence-corrected chi connectivity index (χ4v) is 4.31. The number of thiazole rings is 1. The molecule has 166 valence electrons. The van der Waals surface area contributed by atoms with E-state index in [-0.39, 0.29) is 5.56 Å². The molecular weight excluding hydrogens is 438 g/mol. The van der Waals surface area contributed by atoms with E-state index in [4.69, 9.17) is 0 Å². The third kappa shape index (κ3) is 3.86. The number of fused-ring (bicyclic) bond motifs is 3. The third-order valence-electron chi connectivity index (χ3n) is 4.99. The maximum absolute atomic E-state index is 13.9. The normalized spacial score (nSPS) is 11.7. The number of carbonyl (C=O) groups excluding carboxylic acids is 2. The summed E-state index contributed by atoms with van der Waals surface area (Å²) in [5, 5.41) is 16.1. The van der Waals surface area contributed by atoms with E-state index in [2.05, 4.69) is 31.1 Å². The van der Waals surface area contributed by atoms with Gasteiger partial charge in [-0.25, -0.2) is 13.8 Å². The van der Waals surface area contributed by atoms with Crippen molar-refractivity contribution in [3.05, 3.63) is 47.4 Å². The topological polar surface area (TPSA) is 112 Å². The monoisotopic (exact) mass is 458 g/mol. The molecule has 0 saturated carbocycles. The zero-order chi connectivity index (χ0) is 23.0. The summed E-state index contributed by atoms with van der Waals surface area (Å²) in [5.74, 6) is -1.65. The first-order chi connectivity index (χ1) is 15.2. The summed E-state index contributed by atoms with van der Waals surface area (Å²) in [4.78, 5) is 29.2. The molecule has 0 fully saturated rings. The Morgan fingerprint density at radius 2 is 2.03 bits per heavy atom. The second kappa shape index (κ2) is 8.15. The van der Waals surface area contributed by atoms with Crippen molar-refractivity contribution in [3.63, 3.8) is 0 Å². The minimum Gasteiger partial charge on any atom is -0.372 e. The first-order valence-electron chi connectivity index (χ1n) is 9.66. The van der Waals surface area contributed by atoms with Gasteiger partial charge in [-0.1, -0.05) is 11.3 Å². The van der Waals surface area contributed by atoms with E-state index >= 15 is 0 Å². The highest BCUT2D eigenvalue weighted by atomic mass is 32.1. The Bertz CT molecular complexity index is 1350. The number of amides is 2. The summed E-state index contributed by atoms with van der Waals surface area (Å²) >= 11 is 1.22. The molecule has 0 radical (unpaired) electrons. The van der Waals surface area contributed by atoms with Crippen LogP contribution in [0.3, 0.4) is 0 Å². The van der Waals surface area contributed by atoms with Crippen LogP contribution in [0.1, 0.15) is 29.8 Å². The second-order valence-electron chi connectivity index (χ2n) is 7.68. The van der Waals surface area contributed by atoms with Crippen LogP contribution in [-0.2, 0) is 11.5 Å². The lowest BCUT2D eigenvalue weighted by molar-refractivity contribution is -0.119. The molecule has 0 aliphatic heterocycles. The van der Waals surface area contributed by atoms with Gasteiger partial charge in [0.15, 0.2) is 5.13 Å². The van der Waals surface area contributed by atoms with Gasteiger partial charge in [0.25, 0.3) is 11.8 Å². The van der Waals surface area contributed by atoms with Gasteiger partial charge in [0.1, 0.15) is 18.0 Å². The molecule has 0 saturated heterocycles.